The second kappa shape index (κ2) is 9.00. The molecule has 0 radical (unpaired) electrons. The molecule has 4 nitrogen and oxygen atoms in total. The van der Waals surface area contributed by atoms with Crippen molar-refractivity contribution in [2.75, 3.05) is 19.7 Å². The Hall–Kier alpha value is -1.39. The van der Waals surface area contributed by atoms with Crippen LogP contribution in [0.25, 0.3) is 0 Å². The smallest absolute Gasteiger partial charge is 0.222 e. The van der Waals surface area contributed by atoms with Crippen molar-refractivity contribution in [3.8, 4) is 0 Å². The van der Waals surface area contributed by atoms with Gasteiger partial charge in [-0.1, -0.05) is 43.2 Å². The predicted octanol–water partition coefficient (Wildman–Crippen LogP) is 4.77. The third-order valence-corrected chi connectivity index (χ3v) is 8.13. The topological polar surface area (TPSA) is 32.8 Å². The number of ether oxygens (including phenoxy) is 1. The maximum atomic E-state index is 12.8. The number of piperidine rings is 1. The molecule has 4 heteroatoms. The molecule has 0 N–H and O–H groups in total. The first-order valence-corrected chi connectivity index (χ1v) is 12.4. The van der Waals surface area contributed by atoms with E-state index in [-0.39, 0.29) is 5.60 Å². The van der Waals surface area contributed by atoms with Crippen LogP contribution in [-0.2, 0) is 16.1 Å². The van der Waals surface area contributed by atoms with Crippen molar-refractivity contribution < 1.29 is 9.53 Å². The van der Waals surface area contributed by atoms with Gasteiger partial charge < -0.3 is 9.64 Å². The Morgan fingerprint density at radius 2 is 1.73 bits per heavy atom. The van der Waals surface area contributed by atoms with Gasteiger partial charge in [-0.05, 0) is 62.8 Å². The zero-order valence-corrected chi connectivity index (χ0v) is 18.4. The molecule has 1 spiro atoms. The lowest BCUT2D eigenvalue weighted by Crippen LogP contribution is -2.54. The van der Waals surface area contributed by atoms with E-state index in [9.17, 15) is 4.79 Å². The fourth-order valence-electron chi connectivity index (χ4n) is 6.14. The third kappa shape index (κ3) is 4.75. The molecule has 2 saturated heterocycles. The molecule has 2 aliphatic carbocycles. The molecule has 164 valence electrons. The molecule has 4 fully saturated rings. The van der Waals surface area contributed by atoms with Crippen molar-refractivity contribution in [1.82, 2.24) is 9.80 Å². The van der Waals surface area contributed by atoms with E-state index < -0.39 is 0 Å². The summed E-state index contributed by atoms with van der Waals surface area (Å²) in [5, 5.41) is 0. The summed E-state index contributed by atoms with van der Waals surface area (Å²) in [7, 11) is 0. The minimum absolute atomic E-state index is 0.00309. The van der Waals surface area contributed by atoms with Gasteiger partial charge in [0, 0.05) is 44.7 Å². The van der Waals surface area contributed by atoms with Gasteiger partial charge in [-0.25, -0.2) is 0 Å². The standard InChI is InChI=1S/C26H38N2O2/c29-25(18-21-6-4-5-7-21)27-15-13-26(14-16-27)19-24(12-17-30-26)28(23-10-11-23)20-22-8-2-1-3-9-22/h1-3,8-9,21,23-24H,4-7,10-20H2. The largest absolute Gasteiger partial charge is 0.375 e. The molecular weight excluding hydrogens is 372 g/mol. The maximum absolute atomic E-state index is 12.8. The SMILES string of the molecule is O=C(CC1CCCC1)N1CCC2(CC1)CC(N(Cc1ccccc1)C1CC1)CCO2. The van der Waals surface area contributed by atoms with Crippen molar-refractivity contribution in [3.63, 3.8) is 0 Å². The number of likely N-dealkylation sites (tertiary alicyclic amines) is 1. The number of benzene rings is 1. The van der Waals surface area contributed by atoms with E-state index in [2.05, 4.69) is 40.1 Å². The monoisotopic (exact) mass is 410 g/mol. The average molecular weight is 411 g/mol. The molecule has 1 aromatic rings. The van der Waals surface area contributed by atoms with E-state index in [4.69, 9.17) is 4.74 Å². The minimum Gasteiger partial charge on any atom is -0.375 e. The summed E-state index contributed by atoms with van der Waals surface area (Å²) < 4.78 is 6.43. The van der Waals surface area contributed by atoms with Gasteiger partial charge in [0.2, 0.25) is 5.91 Å². The fraction of sp³-hybridized carbons (Fsp3) is 0.731. The molecule has 2 saturated carbocycles. The van der Waals surface area contributed by atoms with Crippen LogP contribution in [0.4, 0.5) is 0 Å². The maximum Gasteiger partial charge on any atom is 0.222 e. The van der Waals surface area contributed by atoms with Gasteiger partial charge in [-0.3, -0.25) is 9.69 Å². The van der Waals surface area contributed by atoms with Crippen LogP contribution >= 0.6 is 0 Å². The number of nitrogens with zero attached hydrogens (tertiary/aromatic N) is 2. The zero-order chi connectivity index (χ0) is 20.4. The van der Waals surface area contributed by atoms with E-state index in [0.717, 1.165) is 64.4 Å². The van der Waals surface area contributed by atoms with Crippen LogP contribution in [0.1, 0.15) is 76.2 Å². The van der Waals surface area contributed by atoms with Gasteiger partial charge in [-0.15, -0.1) is 0 Å². The van der Waals surface area contributed by atoms with E-state index in [1.54, 1.807) is 0 Å². The van der Waals surface area contributed by atoms with Crippen molar-refractivity contribution in [2.45, 2.75) is 94.9 Å². The Morgan fingerprint density at radius 1 is 1.00 bits per heavy atom. The van der Waals surface area contributed by atoms with E-state index in [1.807, 2.05) is 0 Å². The summed E-state index contributed by atoms with van der Waals surface area (Å²) in [5.41, 5.74) is 1.42. The van der Waals surface area contributed by atoms with Gasteiger partial charge in [0.15, 0.2) is 0 Å². The van der Waals surface area contributed by atoms with Crippen molar-refractivity contribution in [1.29, 1.82) is 0 Å². The van der Waals surface area contributed by atoms with Crippen molar-refractivity contribution in [2.24, 2.45) is 5.92 Å². The number of hydrogen-bond acceptors (Lipinski definition) is 3. The van der Waals surface area contributed by atoms with Crippen LogP contribution in [0, 0.1) is 5.92 Å². The first-order valence-electron chi connectivity index (χ1n) is 12.4. The Kier molecular flexibility index (Phi) is 6.15. The summed E-state index contributed by atoms with van der Waals surface area (Å²) >= 11 is 0. The van der Waals surface area contributed by atoms with Crippen LogP contribution < -0.4 is 0 Å². The molecule has 1 amide bonds. The van der Waals surface area contributed by atoms with Gasteiger partial charge in [-0.2, -0.15) is 0 Å². The number of amides is 1. The number of carbonyl (C=O) groups excluding carboxylic acids is 1. The minimum atomic E-state index is -0.00309. The lowest BCUT2D eigenvalue weighted by atomic mass is 9.81. The van der Waals surface area contributed by atoms with Crippen LogP contribution in [0.15, 0.2) is 30.3 Å². The zero-order valence-electron chi connectivity index (χ0n) is 18.4. The third-order valence-electron chi connectivity index (χ3n) is 8.13. The highest BCUT2D eigenvalue weighted by atomic mass is 16.5. The van der Waals surface area contributed by atoms with Crippen LogP contribution in [0.2, 0.25) is 0 Å². The second-order valence-corrected chi connectivity index (χ2v) is 10.3. The first kappa shape index (κ1) is 20.5. The molecule has 1 atom stereocenters. The Labute approximate surface area is 182 Å². The predicted molar refractivity (Wildman–Crippen MR) is 119 cm³/mol. The number of hydrogen-bond donors (Lipinski definition) is 0. The molecular formula is C26H38N2O2. The summed E-state index contributed by atoms with van der Waals surface area (Å²) in [5.74, 6) is 1.04. The highest BCUT2D eigenvalue weighted by Crippen LogP contribution is 2.41. The normalized spacial score (nSPS) is 27.1. The Bertz CT molecular complexity index is 703. The molecule has 5 rings (SSSR count). The molecule has 1 aromatic carbocycles. The lowest BCUT2D eigenvalue weighted by molar-refractivity contribution is -0.150. The van der Waals surface area contributed by atoms with Crippen LogP contribution in [0.3, 0.4) is 0 Å². The number of rotatable bonds is 6. The van der Waals surface area contributed by atoms with Gasteiger partial charge in [0.05, 0.1) is 5.60 Å². The van der Waals surface area contributed by atoms with Crippen LogP contribution in [0.5, 0.6) is 0 Å². The van der Waals surface area contributed by atoms with E-state index >= 15 is 0 Å². The summed E-state index contributed by atoms with van der Waals surface area (Å²) in [4.78, 5) is 17.7. The highest BCUT2D eigenvalue weighted by Gasteiger charge is 2.45. The molecule has 1 unspecified atom stereocenters. The van der Waals surface area contributed by atoms with E-state index in [0.29, 0.717) is 17.9 Å². The number of carbonyl (C=O) groups is 1. The molecule has 4 aliphatic rings. The molecule has 0 bridgehead atoms. The average Bonchev–Trinajstić information content (AvgIpc) is 3.49. The van der Waals surface area contributed by atoms with Gasteiger partial charge in [0.25, 0.3) is 0 Å². The quantitative estimate of drug-likeness (QED) is 0.677. The molecule has 30 heavy (non-hydrogen) atoms. The Balaban J connectivity index is 1.18. The molecule has 2 aliphatic heterocycles. The lowest BCUT2D eigenvalue weighted by Gasteiger charge is -2.48. The second-order valence-electron chi connectivity index (χ2n) is 10.3. The van der Waals surface area contributed by atoms with E-state index in [1.165, 1.54) is 44.1 Å². The Morgan fingerprint density at radius 3 is 2.43 bits per heavy atom. The summed E-state index contributed by atoms with van der Waals surface area (Å²) in [6, 6.07) is 12.3. The van der Waals surface area contributed by atoms with Crippen molar-refractivity contribution in [3.05, 3.63) is 35.9 Å². The molecule has 0 aromatic heterocycles. The molecule has 2 heterocycles. The highest BCUT2D eigenvalue weighted by molar-refractivity contribution is 5.76. The fourth-order valence-corrected chi connectivity index (χ4v) is 6.14. The summed E-state index contributed by atoms with van der Waals surface area (Å²) in [6.45, 7) is 3.72. The van der Waals surface area contributed by atoms with Crippen LogP contribution in [-0.4, -0.2) is 53.1 Å². The first-order chi connectivity index (χ1) is 14.7. The summed E-state index contributed by atoms with van der Waals surface area (Å²) in [6.07, 6.45) is 12.9. The van der Waals surface area contributed by atoms with Gasteiger partial charge >= 0.3 is 0 Å². The van der Waals surface area contributed by atoms with Gasteiger partial charge in [0.1, 0.15) is 0 Å². The van der Waals surface area contributed by atoms with Crippen molar-refractivity contribution >= 4 is 5.91 Å².